The molecule has 0 saturated carbocycles. The van der Waals surface area contributed by atoms with E-state index in [1.165, 1.54) is 0 Å². The topological polar surface area (TPSA) is 163 Å². The first kappa shape index (κ1) is 26.6. The highest BCUT2D eigenvalue weighted by Gasteiger charge is 2.22. The van der Waals surface area contributed by atoms with Crippen molar-refractivity contribution < 1.29 is 14.3 Å². The van der Waals surface area contributed by atoms with Crippen LogP contribution in [0.4, 0.5) is 0 Å². The first-order valence-corrected chi connectivity index (χ1v) is 12.6. The first-order valence-electron chi connectivity index (χ1n) is 12.6. The molecule has 2 aromatic carbocycles. The zero-order chi connectivity index (χ0) is 27.1. The number of nitrogens with zero attached hydrogens (tertiary/aromatic N) is 2. The Balaban J connectivity index is 1.54. The van der Waals surface area contributed by atoms with E-state index in [0.29, 0.717) is 28.2 Å². The Hall–Kier alpha value is -4.44. The molecule has 0 bridgehead atoms. The normalized spacial score (nSPS) is 14.0. The van der Waals surface area contributed by atoms with Gasteiger partial charge in [-0.3, -0.25) is 15.6 Å². The van der Waals surface area contributed by atoms with Crippen LogP contribution >= 0.6 is 0 Å². The third kappa shape index (κ3) is 7.07. The van der Waals surface area contributed by atoms with Gasteiger partial charge in [0, 0.05) is 42.4 Å². The standard InChI is InChI=1S/C28H33N7O3/c1-2-13-35-14-11-21(12-15-35)33-28(36)20-16-24(37-22-7-3-18(4-8-22)26(29)30)34-25(17-20)38-23-9-5-19(6-10-23)27(31)32/h3-10,16-17,21H,2,11-15H2,1H3,(H3,29,30)(H3,31,32)(H,33,36). The molecule has 10 nitrogen and oxygen atoms in total. The monoisotopic (exact) mass is 515 g/mol. The average Bonchev–Trinajstić information content (AvgIpc) is 2.90. The number of likely N-dealkylation sites (tertiary alicyclic amines) is 1. The Morgan fingerprint density at radius 2 is 1.37 bits per heavy atom. The van der Waals surface area contributed by atoms with Crippen LogP contribution in [-0.2, 0) is 0 Å². The number of nitrogen functional groups attached to an aromatic ring is 2. The number of carbonyl (C=O) groups is 1. The lowest BCUT2D eigenvalue weighted by Gasteiger charge is -2.32. The summed E-state index contributed by atoms with van der Waals surface area (Å²) in [6.07, 6.45) is 2.91. The van der Waals surface area contributed by atoms with E-state index in [2.05, 4.69) is 22.1 Å². The number of pyridine rings is 1. The molecule has 198 valence electrons. The molecule has 10 heteroatoms. The van der Waals surface area contributed by atoms with Gasteiger partial charge in [-0.15, -0.1) is 0 Å². The number of aromatic nitrogens is 1. The van der Waals surface area contributed by atoms with Gasteiger partial charge in [0.15, 0.2) is 0 Å². The fraction of sp³-hybridized carbons (Fsp3) is 0.286. The largest absolute Gasteiger partial charge is 0.439 e. The zero-order valence-electron chi connectivity index (χ0n) is 21.4. The van der Waals surface area contributed by atoms with Crippen molar-refractivity contribution in [2.24, 2.45) is 11.5 Å². The molecule has 1 amide bonds. The van der Waals surface area contributed by atoms with Crippen molar-refractivity contribution in [3.63, 3.8) is 0 Å². The third-order valence-electron chi connectivity index (χ3n) is 6.28. The lowest BCUT2D eigenvalue weighted by Crippen LogP contribution is -2.44. The summed E-state index contributed by atoms with van der Waals surface area (Å²) in [5.41, 5.74) is 12.6. The van der Waals surface area contributed by atoms with Gasteiger partial charge in [-0.25, -0.2) is 0 Å². The van der Waals surface area contributed by atoms with Crippen molar-refractivity contribution in [3.05, 3.63) is 77.4 Å². The van der Waals surface area contributed by atoms with Crippen LogP contribution < -0.4 is 26.3 Å². The number of hydrogen-bond acceptors (Lipinski definition) is 7. The van der Waals surface area contributed by atoms with Crippen LogP contribution in [-0.4, -0.2) is 53.1 Å². The van der Waals surface area contributed by atoms with E-state index in [9.17, 15) is 4.79 Å². The van der Waals surface area contributed by atoms with E-state index >= 15 is 0 Å². The highest BCUT2D eigenvalue weighted by Crippen LogP contribution is 2.27. The molecule has 1 fully saturated rings. The minimum atomic E-state index is -0.227. The SMILES string of the molecule is CCCN1CCC(NC(=O)c2cc(Oc3ccc(C(=N)N)cc3)nc(Oc3ccc(C(=N)N)cc3)c2)CC1. The highest BCUT2D eigenvalue weighted by molar-refractivity contribution is 5.96. The van der Waals surface area contributed by atoms with E-state index in [4.69, 9.17) is 31.8 Å². The molecule has 0 unspecified atom stereocenters. The number of amides is 1. The van der Waals surface area contributed by atoms with Gasteiger partial charge < -0.3 is 31.2 Å². The predicted octanol–water partition coefficient (Wildman–Crippen LogP) is 3.84. The maximum Gasteiger partial charge on any atom is 0.251 e. The second-order valence-electron chi connectivity index (χ2n) is 9.20. The Bertz CT molecular complexity index is 1210. The number of benzene rings is 2. The Morgan fingerprint density at radius 1 is 0.895 bits per heavy atom. The molecule has 0 atom stereocenters. The van der Waals surface area contributed by atoms with Crippen LogP contribution in [0.5, 0.6) is 23.3 Å². The van der Waals surface area contributed by atoms with Crippen LogP contribution in [0, 0.1) is 10.8 Å². The fourth-order valence-corrected chi connectivity index (χ4v) is 4.25. The van der Waals surface area contributed by atoms with Gasteiger partial charge in [0.25, 0.3) is 5.91 Å². The number of nitrogens with one attached hydrogen (secondary N) is 3. The van der Waals surface area contributed by atoms with Gasteiger partial charge >= 0.3 is 0 Å². The molecule has 7 N–H and O–H groups in total. The Labute approximate surface area is 222 Å². The quantitative estimate of drug-likeness (QED) is 0.202. The second-order valence-corrected chi connectivity index (χ2v) is 9.20. The molecular formula is C28H33N7O3. The molecule has 1 aliphatic rings. The number of rotatable bonds is 10. The number of piperidine rings is 1. The van der Waals surface area contributed by atoms with Gasteiger partial charge in [-0.2, -0.15) is 4.98 Å². The molecule has 38 heavy (non-hydrogen) atoms. The first-order chi connectivity index (χ1) is 18.3. The lowest BCUT2D eigenvalue weighted by molar-refractivity contribution is 0.0910. The zero-order valence-corrected chi connectivity index (χ0v) is 21.4. The Morgan fingerprint density at radius 3 is 1.79 bits per heavy atom. The minimum absolute atomic E-state index is 0.0413. The van der Waals surface area contributed by atoms with E-state index in [-0.39, 0.29) is 35.4 Å². The molecule has 0 spiro atoms. The predicted molar refractivity (Wildman–Crippen MR) is 147 cm³/mol. The van der Waals surface area contributed by atoms with Crippen LogP contribution in [0.15, 0.2) is 60.7 Å². The van der Waals surface area contributed by atoms with Gasteiger partial charge in [0.05, 0.1) is 5.56 Å². The van der Waals surface area contributed by atoms with Crippen molar-refractivity contribution in [1.29, 1.82) is 10.8 Å². The summed E-state index contributed by atoms with van der Waals surface area (Å²) in [6, 6.07) is 16.6. The summed E-state index contributed by atoms with van der Waals surface area (Å²) in [5, 5.41) is 18.2. The van der Waals surface area contributed by atoms with Gasteiger partial charge in [0.2, 0.25) is 11.8 Å². The number of hydrogen-bond donors (Lipinski definition) is 5. The summed E-state index contributed by atoms with van der Waals surface area (Å²) < 4.78 is 11.9. The van der Waals surface area contributed by atoms with E-state index in [1.807, 2.05) is 0 Å². The fourth-order valence-electron chi connectivity index (χ4n) is 4.25. The number of ether oxygens (including phenoxy) is 2. The summed E-state index contributed by atoms with van der Waals surface area (Å²) in [6.45, 7) is 5.17. The van der Waals surface area contributed by atoms with Crippen molar-refractivity contribution in [2.45, 2.75) is 32.2 Å². The van der Waals surface area contributed by atoms with E-state index in [1.54, 1.807) is 60.7 Å². The highest BCUT2D eigenvalue weighted by atomic mass is 16.5. The van der Waals surface area contributed by atoms with Gasteiger partial charge in [-0.05, 0) is 74.3 Å². The van der Waals surface area contributed by atoms with Crippen LogP contribution in [0.25, 0.3) is 0 Å². The van der Waals surface area contributed by atoms with Crippen LogP contribution in [0.1, 0.15) is 47.7 Å². The molecule has 1 saturated heterocycles. The molecular weight excluding hydrogens is 482 g/mol. The van der Waals surface area contributed by atoms with Crippen molar-refractivity contribution >= 4 is 17.6 Å². The summed E-state index contributed by atoms with van der Waals surface area (Å²) >= 11 is 0. The summed E-state index contributed by atoms with van der Waals surface area (Å²) in [7, 11) is 0. The molecule has 3 aromatic rings. The molecule has 2 heterocycles. The Kier molecular flexibility index (Phi) is 8.55. The number of amidine groups is 2. The molecule has 0 radical (unpaired) electrons. The maximum atomic E-state index is 13.2. The maximum absolute atomic E-state index is 13.2. The number of nitrogens with two attached hydrogens (primary N) is 2. The number of carbonyl (C=O) groups excluding carboxylic acids is 1. The second kappa shape index (κ2) is 12.2. The molecule has 4 rings (SSSR count). The van der Waals surface area contributed by atoms with Crippen molar-refractivity contribution in [2.75, 3.05) is 19.6 Å². The van der Waals surface area contributed by atoms with Crippen molar-refractivity contribution in [1.82, 2.24) is 15.2 Å². The summed E-state index contributed by atoms with van der Waals surface area (Å²) in [4.78, 5) is 20.1. The van der Waals surface area contributed by atoms with Crippen LogP contribution in [0.3, 0.4) is 0 Å². The molecule has 1 aromatic heterocycles. The molecule has 0 aliphatic carbocycles. The lowest BCUT2D eigenvalue weighted by atomic mass is 10.0. The minimum Gasteiger partial charge on any atom is -0.439 e. The average molecular weight is 516 g/mol. The third-order valence-corrected chi connectivity index (χ3v) is 6.28. The van der Waals surface area contributed by atoms with E-state index in [0.717, 1.165) is 38.9 Å². The molecule has 1 aliphatic heterocycles. The van der Waals surface area contributed by atoms with E-state index < -0.39 is 0 Å². The smallest absolute Gasteiger partial charge is 0.251 e. The van der Waals surface area contributed by atoms with Gasteiger partial charge in [0.1, 0.15) is 23.2 Å². The summed E-state index contributed by atoms with van der Waals surface area (Å²) in [5.74, 6) is 0.999. The van der Waals surface area contributed by atoms with Crippen molar-refractivity contribution in [3.8, 4) is 23.3 Å². The van der Waals surface area contributed by atoms with Crippen LogP contribution in [0.2, 0.25) is 0 Å². The van der Waals surface area contributed by atoms with Gasteiger partial charge in [-0.1, -0.05) is 6.92 Å².